The summed E-state index contributed by atoms with van der Waals surface area (Å²) in [6, 6.07) is 5.43. The molecular weight excluding hydrogens is 589 g/mol. The number of thioether (sulfide) groups is 1. The molecule has 9 nitrogen and oxygen atoms in total. The van der Waals surface area contributed by atoms with Crippen LogP contribution in [-0.4, -0.2) is 75.1 Å². The Bertz CT molecular complexity index is 1570. The van der Waals surface area contributed by atoms with Crippen molar-refractivity contribution in [1.29, 1.82) is 5.26 Å². The lowest BCUT2D eigenvalue weighted by molar-refractivity contribution is -0.145. The van der Waals surface area contributed by atoms with E-state index in [1.807, 2.05) is 25.3 Å². The van der Waals surface area contributed by atoms with Crippen LogP contribution in [0.4, 0.5) is 9.18 Å². The van der Waals surface area contributed by atoms with Crippen molar-refractivity contribution < 1.29 is 23.8 Å². The number of rotatable bonds is 6. The number of carbonyl (C=O) groups excluding carboxylic acids is 1. The fourth-order valence-corrected chi connectivity index (χ4v) is 7.62. The van der Waals surface area contributed by atoms with E-state index in [-0.39, 0.29) is 48.5 Å². The summed E-state index contributed by atoms with van der Waals surface area (Å²) < 4.78 is 23.7. The number of aryl methyl sites for hydroxylation is 1. The fraction of sp³-hybridized carbons (Fsp3) is 0.481. The molecule has 2 bridgehead atoms. The number of ether oxygens (including phenoxy) is 1. The number of fused-ring (bicyclic) bond motifs is 4. The van der Waals surface area contributed by atoms with E-state index in [9.17, 15) is 20.0 Å². The smallest absolute Gasteiger partial charge is 0.407 e. The number of halogens is 2. The lowest BCUT2D eigenvalue weighted by Crippen LogP contribution is -2.45. The van der Waals surface area contributed by atoms with Crippen molar-refractivity contribution in [3.63, 3.8) is 0 Å². The number of hydrogen-bond donors (Lipinski definition) is 1. The van der Waals surface area contributed by atoms with Crippen LogP contribution in [0.1, 0.15) is 43.1 Å². The summed E-state index contributed by atoms with van der Waals surface area (Å²) >= 11 is 4.81. The molecule has 7 rings (SSSR count). The van der Waals surface area contributed by atoms with Crippen LogP contribution in [0.25, 0.3) is 21.8 Å². The molecule has 1 unspecified atom stereocenters. The van der Waals surface area contributed by atoms with E-state index in [4.69, 9.17) is 9.72 Å². The number of nitrogens with zero attached hydrogens (tertiary/aromatic N) is 5. The van der Waals surface area contributed by atoms with Gasteiger partial charge in [0.25, 0.3) is 0 Å². The second kappa shape index (κ2) is 9.94. The van der Waals surface area contributed by atoms with Gasteiger partial charge in [-0.15, -0.1) is 11.8 Å². The molecule has 4 atom stereocenters. The van der Waals surface area contributed by atoms with Crippen molar-refractivity contribution in [3.05, 3.63) is 33.7 Å². The molecule has 1 aliphatic carbocycles. The summed E-state index contributed by atoms with van der Waals surface area (Å²) in [4.78, 5) is 32.9. The van der Waals surface area contributed by atoms with Gasteiger partial charge in [-0.2, -0.15) is 5.26 Å². The minimum absolute atomic E-state index is 0.0219. The molecule has 3 aliphatic heterocycles. The van der Waals surface area contributed by atoms with Crippen LogP contribution in [-0.2, 0) is 16.0 Å². The van der Waals surface area contributed by atoms with Crippen molar-refractivity contribution in [2.24, 2.45) is 5.92 Å². The molecule has 5 heterocycles. The lowest BCUT2D eigenvalue weighted by atomic mass is 9.79. The Balaban J connectivity index is 1.65. The van der Waals surface area contributed by atoms with Crippen LogP contribution in [0, 0.1) is 23.1 Å². The van der Waals surface area contributed by atoms with Crippen molar-refractivity contribution in [1.82, 2.24) is 19.4 Å². The van der Waals surface area contributed by atoms with Crippen LogP contribution in [0.15, 0.2) is 21.6 Å². The van der Waals surface area contributed by atoms with Crippen molar-refractivity contribution in [2.75, 3.05) is 32.6 Å². The lowest BCUT2D eigenvalue weighted by Gasteiger charge is -2.41. The first kappa shape index (κ1) is 26.3. The van der Waals surface area contributed by atoms with Crippen LogP contribution in [0.2, 0.25) is 0 Å². The largest absolute Gasteiger partial charge is 0.465 e. The summed E-state index contributed by atoms with van der Waals surface area (Å²) in [5.41, 5.74) is 2.57. The van der Waals surface area contributed by atoms with Gasteiger partial charge in [-0.25, -0.2) is 14.2 Å². The molecule has 204 valence electrons. The second-order valence-corrected chi connectivity index (χ2v) is 11.9. The Morgan fingerprint density at radius 2 is 2.21 bits per heavy atom. The predicted molar refractivity (Wildman–Crippen MR) is 147 cm³/mol. The third-order valence-corrected chi connectivity index (χ3v) is 9.99. The molecule has 0 spiro atoms. The van der Waals surface area contributed by atoms with Gasteiger partial charge in [0.1, 0.15) is 17.1 Å². The number of hydrogen-bond acceptors (Lipinski definition) is 6. The third kappa shape index (κ3) is 4.00. The Morgan fingerprint density at radius 1 is 1.41 bits per heavy atom. The molecule has 3 saturated heterocycles. The number of benzene rings is 1. The summed E-state index contributed by atoms with van der Waals surface area (Å²) in [6.07, 6.45) is 2.35. The highest BCUT2D eigenvalue weighted by Gasteiger charge is 2.56. The van der Waals surface area contributed by atoms with Gasteiger partial charge in [-0.3, -0.25) is 4.79 Å². The average molecular weight is 617 g/mol. The fourth-order valence-electron chi connectivity index (χ4n) is 6.57. The summed E-state index contributed by atoms with van der Waals surface area (Å²) in [5, 5.41) is 21.2. The SMILES string of the molecule is CSc1nc2c(F)c(Br)c(CCC#N)cc2c2c1cc(C(C)N1CCOCC1=O)n2[C@H]1[C@@H]2C[C@H]1N(C(=O)O)C2. The highest BCUT2D eigenvalue weighted by molar-refractivity contribution is 9.10. The molecule has 4 fully saturated rings. The van der Waals surface area contributed by atoms with Gasteiger partial charge in [-0.05, 0) is 59.6 Å². The zero-order chi connectivity index (χ0) is 27.6. The maximum Gasteiger partial charge on any atom is 0.407 e. The molecule has 12 heteroatoms. The maximum atomic E-state index is 15.8. The van der Waals surface area contributed by atoms with E-state index in [1.165, 1.54) is 16.7 Å². The predicted octanol–water partition coefficient (Wildman–Crippen LogP) is 5.11. The van der Waals surface area contributed by atoms with Gasteiger partial charge in [0.15, 0.2) is 5.82 Å². The first-order valence-electron chi connectivity index (χ1n) is 12.9. The Hall–Kier alpha value is -2.88. The number of amides is 2. The Labute approximate surface area is 237 Å². The van der Waals surface area contributed by atoms with Gasteiger partial charge in [-0.1, -0.05) is 0 Å². The van der Waals surface area contributed by atoms with Crippen LogP contribution >= 0.6 is 27.7 Å². The van der Waals surface area contributed by atoms with E-state index < -0.39 is 11.9 Å². The Morgan fingerprint density at radius 3 is 2.87 bits per heavy atom. The normalized spacial score (nSPS) is 23.4. The summed E-state index contributed by atoms with van der Waals surface area (Å²) in [7, 11) is 0. The first-order chi connectivity index (χ1) is 18.8. The molecule has 0 radical (unpaired) electrons. The molecule has 2 amide bonds. The van der Waals surface area contributed by atoms with Gasteiger partial charge >= 0.3 is 6.09 Å². The van der Waals surface area contributed by atoms with Gasteiger partial charge < -0.3 is 24.2 Å². The number of nitriles is 1. The number of morpholine rings is 1. The molecule has 4 aliphatic rings. The van der Waals surface area contributed by atoms with Crippen molar-refractivity contribution in [3.8, 4) is 6.07 Å². The first-order valence-corrected chi connectivity index (χ1v) is 14.9. The quantitative estimate of drug-likeness (QED) is 0.383. The van der Waals surface area contributed by atoms with E-state index in [2.05, 4.69) is 26.6 Å². The molecule has 1 aromatic carbocycles. The Kier molecular flexibility index (Phi) is 6.72. The van der Waals surface area contributed by atoms with E-state index >= 15 is 4.39 Å². The maximum absolute atomic E-state index is 15.8. The summed E-state index contributed by atoms with van der Waals surface area (Å²) in [6.45, 7) is 3.34. The van der Waals surface area contributed by atoms with Crippen molar-refractivity contribution in [2.45, 2.75) is 49.3 Å². The average Bonchev–Trinajstić information content (AvgIpc) is 3.63. The van der Waals surface area contributed by atoms with Crippen LogP contribution in [0.3, 0.4) is 0 Å². The summed E-state index contributed by atoms with van der Waals surface area (Å²) in [5.74, 6) is -0.462. The van der Waals surface area contributed by atoms with Gasteiger partial charge in [0.05, 0.1) is 40.8 Å². The van der Waals surface area contributed by atoms with E-state index in [0.29, 0.717) is 46.6 Å². The van der Waals surface area contributed by atoms with E-state index in [1.54, 1.807) is 4.90 Å². The molecular formula is C27H27BrFN5O4S. The van der Waals surface area contributed by atoms with E-state index in [0.717, 1.165) is 23.0 Å². The highest BCUT2D eigenvalue weighted by atomic mass is 79.9. The highest BCUT2D eigenvalue weighted by Crippen LogP contribution is 2.53. The zero-order valence-corrected chi connectivity index (χ0v) is 23.9. The monoisotopic (exact) mass is 615 g/mol. The standard InChI is InChI=1S/C27H27BrFN5O4S/c1-13(32-6-7-38-12-20(32)35)18-10-17-25(34(18)24-15-9-19(24)33(11-15)27(36)37)16-8-14(4-3-5-30)21(28)22(29)23(16)31-26(17)39-2/h8,10,13,15,19,24H,3-4,6-7,9,11-12H2,1-2H3,(H,36,37)/t13?,15-,19-,24+/m1/s1. The molecule has 1 N–H and O–H groups in total. The topological polar surface area (TPSA) is 112 Å². The minimum atomic E-state index is -0.940. The van der Waals surface area contributed by atoms with Crippen molar-refractivity contribution >= 4 is 61.5 Å². The number of pyridine rings is 1. The number of aromatic nitrogens is 2. The van der Waals surface area contributed by atoms with Gasteiger partial charge in [0, 0.05) is 41.9 Å². The molecule has 3 aromatic rings. The van der Waals surface area contributed by atoms with Crippen LogP contribution in [0.5, 0.6) is 0 Å². The van der Waals surface area contributed by atoms with Crippen LogP contribution < -0.4 is 0 Å². The zero-order valence-electron chi connectivity index (χ0n) is 21.5. The number of carboxylic acid groups (broad SMARTS) is 1. The second-order valence-electron chi connectivity index (χ2n) is 10.3. The minimum Gasteiger partial charge on any atom is -0.465 e. The molecule has 2 aromatic heterocycles. The molecule has 39 heavy (non-hydrogen) atoms. The molecule has 1 saturated carbocycles. The van der Waals surface area contributed by atoms with Gasteiger partial charge in [0.2, 0.25) is 5.91 Å². The third-order valence-electron chi connectivity index (χ3n) is 8.44. The number of carbonyl (C=O) groups is 2.